The van der Waals surface area contributed by atoms with Crippen molar-refractivity contribution >= 4 is 22.8 Å². The lowest BCUT2D eigenvalue weighted by Crippen LogP contribution is -2.33. The van der Waals surface area contributed by atoms with E-state index in [0.29, 0.717) is 11.8 Å². The van der Waals surface area contributed by atoms with E-state index in [0.717, 1.165) is 66.8 Å². The molecule has 0 radical (unpaired) electrons. The Morgan fingerprint density at radius 1 is 1.21 bits per heavy atom. The summed E-state index contributed by atoms with van der Waals surface area (Å²) in [5, 5.41) is 0.784. The van der Waals surface area contributed by atoms with Gasteiger partial charge in [0.1, 0.15) is 11.6 Å². The molecule has 29 heavy (non-hydrogen) atoms. The van der Waals surface area contributed by atoms with E-state index in [1.807, 2.05) is 18.2 Å². The number of hydrogen-bond donors (Lipinski definition) is 0. The summed E-state index contributed by atoms with van der Waals surface area (Å²) < 4.78 is 8.24. The molecule has 5 nitrogen and oxygen atoms in total. The highest BCUT2D eigenvalue weighted by atomic mass is 35.5. The number of imidazole rings is 1. The number of hydrogen-bond acceptors (Lipinski definition) is 4. The zero-order chi connectivity index (χ0) is 20.4. The average Bonchev–Trinajstić information content (AvgIpc) is 3.03. The van der Waals surface area contributed by atoms with Crippen LogP contribution >= 0.6 is 11.6 Å². The summed E-state index contributed by atoms with van der Waals surface area (Å²) >= 11 is 6.31. The van der Waals surface area contributed by atoms with Gasteiger partial charge < -0.3 is 9.30 Å². The fourth-order valence-electron chi connectivity index (χ4n) is 4.04. The minimum absolute atomic E-state index is 0.481. The van der Waals surface area contributed by atoms with Crippen molar-refractivity contribution in [1.29, 1.82) is 0 Å². The molecule has 1 aromatic carbocycles. The van der Waals surface area contributed by atoms with Crippen LogP contribution in [0.15, 0.2) is 36.5 Å². The maximum absolute atomic E-state index is 6.31. The molecule has 0 amide bonds. The SMILES string of the molecule is CC(C)COc1ccc(Cl)cc1C1CCN(Cc2nc3ncccc3n2C)CC1. The van der Waals surface area contributed by atoms with Crippen LogP contribution in [0.4, 0.5) is 0 Å². The number of aryl methyl sites for hydroxylation is 1. The predicted octanol–water partition coefficient (Wildman–Crippen LogP) is 5.04. The average molecular weight is 413 g/mol. The van der Waals surface area contributed by atoms with Gasteiger partial charge in [0.15, 0.2) is 5.65 Å². The maximum atomic E-state index is 6.31. The van der Waals surface area contributed by atoms with Gasteiger partial charge in [-0.1, -0.05) is 25.4 Å². The second-order valence-electron chi connectivity index (χ2n) is 8.37. The highest BCUT2D eigenvalue weighted by molar-refractivity contribution is 6.30. The summed E-state index contributed by atoms with van der Waals surface area (Å²) in [6.07, 6.45) is 4.00. The van der Waals surface area contributed by atoms with Crippen LogP contribution < -0.4 is 4.74 Å². The highest BCUT2D eigenvalue weighted by Gasteiger charge is 2.24. The number of rotatable bonds is 6. The Kier molecular flexibility index (Phi) is 6.07. The van der Waals surface area contributed by atoms with Crippen molar-refractivity contribution in [1.82, 2.24) is 19.4 Å². The van der Waals surface area contributed by atoms with Crippen LogP contribution in [0.5, 0.6) is 5.75 Å². The second-order valence-corrected chi connectivity index (χ2v) is 8.81. The van der Waals surface area contributed by atoms with Gasteiger partial charge in [0.05, 0.1) is 18.7 Å². The molecule has 0 bridgehead atoms. The Morgan fingerprint density at radius 2 is 2.00 bits per heavy atom. The zero-order valence-corrected chi connectivity index (χ0v) is 18.2. The summed E-state index contributed by atoms with van der Waals surface area (Å²) in [7, 11) is 2.07. The first-order valence-electron chi connectivity index (χ1n) is 10.4. The van der Waals surface area contributed by atoms with Crippen LogP contribution in [0.25, 0.3) is 11.2 Å². The van der Waals surface area contributed by atoms with Crippen molar-refractivity contribution in [2.24, 2.45) is 13.0 Å². The molecular weight excluding hydrogens is 384 g/mol. The number of ether oxygens (including phenoxy) is 1. The zero-order valence-electron chi connectivity index (χ0n) is 17.4. The van der Waals surface area contributed by atoms with Crippen molar-refractivity contribution in [3.63, 3.8) is 0 Å². The Morgan fingerprint density at radius 3 is 2.72 bits per heavy atom. The molecule has 4 rings (SSSR count). The molecule has 1 fully saturated rings. The topological polar surface area (TPSA) is 43.2 Å². The molecule has 0 N–H and O–H groups in total. The van der Waals surface area contributed by atoms with Crippen LogP contribution in [-0.2, 0) is 13.6 Å². The molecule has 1 saturated heterocycles. The first-order valence-corrected chi connectivity index (χ1v) is 10.8. The number of aromatic nitrogens is 3. The Hall–Kier alpha value is -2.11. The first kappa shape index (κ1) is 20.2. The van der Waals surface area contributed by atoms with E-state index >= 15 is 0 Å². The normalized spacial score (nSPS) is 16.0. The highest BCUT2D eigenvalue weighted by Crippen LogP contribution is 2.36. The summed E-state index contributed by atoms with van der Waals surface area (Å²) in [6.45, 7) is 8.00. The molecule has 154 valence electrons. The van der Waals surface area contributed by atoms with Gasteiger partial charge in [0.2, 0.25) is 0 Å². The first-order chi connectivity index (χ1) is 14.0. The van der Waals surface area contributed by atoms with E-state index in [4.69, 9.17) is 21.3 Å². The lowest BCUT2D eigenvalue weighted by Gasteiger charge is -2.32. The van der Waals surface area contributed by atoms with Crippen molar-refractivity contribution in [2.45, 2.75) is 39.2 Å². The van der Waals surface area contributed by atoms with Crippen molar-refractivity contribution in [2.75, 3.05) is 19.7 Å². The van der Waals surface area contributed by atoms with Crippen LogP contribution in [0.1, 0.15) is 44.0 Å². The van der Waals surface area contributed by atoms with E-state index in [2.05, 4.69) is 47.5 Å². The number of fused-ring (bicyclic) bond motifs is 1. The van der Waals surface area contributed by atoms with Crippen LogP contribution in [-0.4, -0.2) is 39.1 Å². The van der Waals surface area contributed by atoms with Gasteiger partial charge in [-0.15, -0.1) is 0 Å². The third kappa shape index (κ3) is 4.57. The smallest absolute Gasteiger partial charge is 0.177 e. The Balaban J connectivity index is 1.43. The van der Waals surface area contributed by atoms with Gasteiger partial charge in [0, 0.05) is 18.3 Å². The van der Waals surface area contributed by atoms with E-state index in [-0.39, 0.29) is 0 Å². The molecule has 1 aliphatic heterocycles. The van der Waals surface area contributed by atoms with Crippen LogP contribution in [0.3, 0.4) is 0 Å². The van der Waals surface area contributed by atoms with E-state index < -0.39 is 0 Å². The summed E-state index contributed by atoms with van der Waals surface area (Å²) in [6, 6.07) is 10.1. The van der Waals surface area contributed by atoms with E-state index in [9.17, 15) is 0 Å². The number of piperidine rings is 1. The Labute approximate surface area is 177 Å². The maximum Gasteiger partial charge on any atom is 0.177 e. The van der Waals surface area contributed by atoms with Gasteiger partial charge in [-0.3, -0.25) is 4.90 Å². The third-order valence-corrected chi connectivity index (χ3v) is 5.92. The number of benzene rings is 1. The quantitative estimate of drug-likeness (QED) is 0.569. The minimum Gasteiger partial charge on any atom is -0.493 e. The standard InChI is InChI=1S/C23H29ClN4O/c1-16(2)15-29-21-7-6-18(24)13-19(21)17-8-11-28(12-9-17)14-22-26-23-20(27(22)3)5-4-10-25-23/h4-7,10,13,16-17H,8-9,11-12,14-15H2,1-3H3. The Bertz CT molecular complexity index is 976. The molecule has 0 unspecified atom stereocenters. The van der Waals surface area contributed by atoms with Gasteiger partial charge in [-0.2, -0.15) is 0 Å². The number of nitrogens with zero attached hydrogens (tertiary/aromatic N) is 4. The molecule has 0 aliphatic carbocycles. The molecule has 3 heterocycles. The number of likely N-dealkylation sites (tertiary alicyclic amines) is 1. The summed E-state index contributed by atoms with van der Waals surface area (Å²) in [5.41, 5.74) is 3.17. The lowest BCUT2D eigenvalue weighted by atomic mass is 9.88. The van der Waals surface area contributed by atoms with Gasteiger partial charge in [-0.05, 0) is 73.7 Å². The predicted molar refractivity (Wildman–Crippen MR) is 118 cm³/mol. The number of halogens is 1. The minimum atomic E-state index is 0.481. The summed E-state index contributed by atoms with van der Waals surface area (Å²) in [5.74, 6) is 3.04. The fourth-order valence-corrected chi connectivity index (χ4v) is 4.22. The largest absolute Gasteiger partial charge is 0.493 e. The van der Waals surface area contributed by atoms with Crippen molar-refractivity contribution < 1.29 is 4.74 Å². The van der Waals surface area contributed by atoms with Crippen molar-refractivity contribution in [3.8, 4) is 5.75 Å². The fraction of sp³-hybridized carbons (Fsp3) is 0.478. The molecule has 0 atom stereocenters. The molecule has 0 saturated carbocycles. The van der Waals surface area contributed by atoms with Crippen molar-refractivity contribution in [3.05, 3.63) is 52.9 Å². The molecular formula is C23H29ClN4O. The van der Waals surface area contributed by atoms with Crippen LogP contribution in [0.2, 0.25) is 5.02 Å². The molecule has 3 aromatic rings. The lowest BCUT2D eigenvalue weighted by molar-refractivity contribution is 0.195. The van der Waals surface area contributed by atoms with E-state index in [1.165, 1.54) is 5.56 Å². The van der Waals surface area contributed by atoms with E-state index in [1.54, 1.807) is 6.20 Å². The third-order valence-electron chi connectivity index (χ3n) is 5.69. The number of pyridine rings is 1. The molecule has 0 spiro atoms. The van der Waals surface area contributed by atoms with Gasteiger partial charge >= 0.3 is 0 Å². The monoisotopic (exact) mass is 412 g/mol. The van der Waals surface area contributed by atoms with Crippen LogP contribution in [0, 0.1) is 5.92 Å². The summed E-state index contributed by atoms with van der Waals surface area (Å²) in [4.78, 5) is 11.6. The van der Waals surface area contributed by atoms with Gasteiger partial charge in [-0.25, -0.2) is 9.97 Å². The molecule has 1 aliphatic rings. The second kappa shape index (κ2) is 8.72. The molecule has 6 heteroatoms. The van der Waals surface area contributed by atoms with Gasteiger partial charge in [0.25, 0.3) is 0 Å². The molecule has 2 aromatic heterocycles.